The Balaban J connectivity index is 1.53. The first-order valence-electron chi connectivity index (χ1n) is 8.90. The molecule has 3 rings (SSSR count). The minimum atomic E-state index is -0.945. The molecule has 31 heavy (non-hydrogen) atoms. The molecule has 0 aliphatic carbocycles. The number of hydrogen-bond acceptors (Lipinski definition) is 5. The van der Waals surface area contributed by atoms with Crippen molar-refractivity contribution < 1.29 is 19.1 Å². The van der Waals surface area contributed by atoms with Gasteiger partial charge >= 0.3 is 17.8 Å². The minimum absolute atomic E-state index is 0.315. The predicted octanol–water partition coefficient (Wildman–Crippen LogP) is 4.25. The van der Waals surface area contributed by atoms with Crippen molar-refractivity contribution in [3.63, 3.8) is 0 Å². The molecule has 3 aromatic rings. The Morgan fingerprint density at radius 3 is 2.29 bits per heavy atom. The van der Waals surface area contributed by atoms with Crippen molar-refractivity contribution in [2.75, 3.05) is 5.32 Å². The SMILES string of the molecule is O=C(N/N=C/c1ccc(OC(=O)c2ccccc2I)cc1)C(=O)Nc1ccccc1Cl. The summed E-state index contributed by atoms with van der Waals surface area (Å²) >= 11 is 8.00. The largest absolute Gasteiger partial charge is 0.423 e. The Labute approximate surface area is 196 Å². The molecule has 0 aliphatic heterocycles. The van der Waals surface area contributed by atoms with Crippen LogP contribution in [0.2, 0.25) is 5.02 Å². The normalized spacial score (nSPS) is 10.5. The van der Waals surface area contributed by atoms with E-state index in [0.717, 1.165) is 3.57 Å². The topological polar surface area (TPSA) is 96.9 Å². The number of anilines is 1. The Hall–Kier alpha value is -3.24. The molecule has 7 nitrogen and oxygen atoms in total. The van der Waals surface area contributed by atoms with E-state index >= 15 is 0 Å². The van der Waals surface area contributed by atoms with Crippen LogP contribution in [0.4, 0.5) is 5.69 Å². The van der Waals surface area contributed by atoms with Crippen LogP contribution in [0.5, 0.6) is 5.75 Å². The number of carbonyl (C=O) groups is 3. The highest BCUT2D eigenvalue weighted by Gasteiger charge is 2.14. The van der Waals surface area contributed by atoms with E-state index in [2.05, 4.69) is 38.4 Å². The molecule has 0 spiro atoms. The zero-order valence-electron chi connectivity index (χ0n) is 15.8. The van der Waals surface area contributed by atoms with Crippen LogP contribution in [-0.2, 0) is 9.59 Å². The fourth-order valence-corrected chi connectivity index (χ4v) is 3.16. The molecule has 0 heterocycles. The lowest BCUT2D eigenvalue weighted by atomic mass is 10.2. The first-order valence-corrected chi connectivity index (χ1v) is 10.4. The van der Waals surface area contributed by atoms with Gasteiger partial charge in [-0.15, -0.1) is 0 Å². The van der Waals surface area contributed by atoms with Gasteiger partial charge in [0.15, 0.2) is 0 Å². The number of nitrogens with one attached hydrogen (secondary N) is 2. The minimum Gasteiger partial charge on any atom is -0.423 e. The van der Waals surface area contributed by atoms with Gasteiger partial charge in [-0.3, -0.25) is 9.59 Å². The number of rotatable bonds is 5. The molecular formula is C22H15ClIN3O4. The summed E-state index contributed by atoms with van der Waals surface area (Å²) < 4.78 is 6.15. The first-order chi connectivity index (χ1) is 14.9. The molecule has 0 fully saturated rings. The molecule has 3 aromatic carbocycles. The van der Waals surface area contributed by atoms with Gasteiger partial charge < -0.3 is 10.1 Å². The quantitative estimate of drug-likeness (QED) is 0.125. The molecule has 0 saturated carbocycles. The summed E-state index contributed by atoms with van der Waals surface area (Å²) in [6.07, 6.45) is 1.35. The van der Waals surface area contributed by atoms with E-state index in [1.54, 1.807) is 60.7 Å². The third kappa shape index (κ3) is 6.37. The van der Waals surface area contributed by atoms with E-state index in [9.17, 15) is 14.4 Å². The van der Waals surface area contributed by atoms with Crippen LogP contribution in [0.25, 0.3) is 0 Å². The number of para-hydroxylation sites is 1. The van der Waals surface area contributed by atoms with Crippen LogP contribution in [-0.4, -0.2) is 24.0 Å². The highest BCUT2D eigenvalue weighted by atomic mass is 127. The van der Waals surface area contributed by atoms with Crippen molar-refractivity contribution in [3.8, 4) is 5.75 Å². The first kappa shape index (κ1) is 22.4. The van der Waals surface area contributed by atoms with Crippen LogP contribution in [0, 0.1) is 3.57 Å². The number of hydrogen-bond donors (Lipinski definition) is 2. The van der Waals surface area contributed by atoms with Gasteiger partial charge in [-0.05, 0) is 76.7 Å². The zero-order chi connectivity index (χ0) is 22.2. The van der Waals surface area contributed by atoms with Crippen molar-refractivity contribution in [2.45, 2.75) is 0 Å². The van der Waals surface area contributed by atoms with Gasteiger partial charge in [-0.1, -0.05) is 35.9 Å². The summed E-state index contributed by atoms with van der Waals surface area (Å²) in [5.41, 5.74) is 3.56. The Kier molecular flexibility index (Phi) is 7.74. The smallest absolute Gasteiger partial charge is 0.344 e. The highest BCUT2D eigenvalue weighted by Crippen LogP contribution is 2.20. The molecule has 9 heteroatoms. The Morgan fingerprint density at radius 1 is 0.903 bits per heavy atom. The lowest BCUT2D eigenvalue weighted by Gasteiger charge is -2.06. The third-order valence-corrected chi connectivity index (χ3v) is 5.16. The van der Waals surface area contributed by atoms with Gasteiger partial charge in [0.2, 0.25) is 0 Å². The summed E-state index contributed by atoms with van der Waals surface area (Å²) in [6.45, 7) is 0. The number of ether oxygens (including phenoxy) is 1. The van der Waals surface area contributed by atoms with E-state index < -0.39 is 17.8 Å². The maximum Gasteiger partial charge on any atom is 0.344 e. The average Bonchev–Trinajstić information content (AvgIpc) is 2.76. The number of halogens is 2. The van der Waals surface area contributed by atoms with Crippen LogP contribution in [0.15, 0.2) is 77.9 Å². The molecule has 0 saturated heterocycles. The fourth-order valence-electron chi connectivity index (χ4n) is 2.37. The number of hydrazone groups is 1. The summed E-state index contributed by atoms with van der Waals surface area (Å²) in [5.74, 6) is -1.93. The average molecular weight is 548 g/mol. The van der Waals surface area contributed by atoms with Gasteiger partial charge in [0.05, 0.1) is 22.5 Å². The zero-order valence-corrected chi connectivity index (χ0v) is 18.8. The number of carbonyl (C=O) groups excluding carboxylic acids is 3. The van der Waals surface area contributed by atoms with E-state index in [1.807, 2.05) is 12.1 Å². The maximum absolute atomic E-state index is 12.2. The van der Waals surface area contributed by atoms with Crippen LogP contribution in [0.1, 0.15) is 15.9 Å². The van der Waals surface area contributed by atoms with Gasteiger partial charge in [0.1, 0.15) is 5.75 Å². The van der Waals surface area contributed by atoms with Crippen molar-refractivity contribution in [2.24, 2.45) is 5.10 Å². The molecule has 0 bridgehead atoms. The summed E-state index contributed by atoms with van der Waals surface area (Å²) in [4.78, 5) is 36.0. The molecule has 0 atom stereocenters. The number of nitrogens with zero attached hydrogens (tertiary/aromatic N) is 1. The Bertz CT molecular complexity index is 1150. The summed E-state index contributed by atoms with van der Waals surface area (Å²) in [5, 5.41) is 6.46. The van der Waals surface area contributed by atoms with E-state index in [4.69, 9.17) is 16.3 Å². The Morgan fingerprint density at radius 2 is 1.58 bits per heavy atom. The van der Waals surface area contributed by atoms with E-state index in [0.29, 0.717) is 27.6 Å². The molecule has 0 aliphatic rings. The number of esters is 1. The van der Waals surface area contributed by atoms with Gasteiger partial charge in [0, 0.05) is 3.57 Å². The third-order valence-electron chi connectivity index (χ3n) is 3.89. The predicted molar refractivity (Wildman–Crippen MR) is 126 cm³/mol. The molecular weight excluding hydrogens is 533 g/mol. The molecule has 0 aromatic heterocycles. The van der Waals surface area contributed by atoms with Crippen molar-refractivity contribution in [1.82, 2.24) is 5.43 Å². The second kappa shape index (κ2) is 10.7. The lowest BCUT2D eigenvalue weighted by Crippen LogP contribution is -2.32. The van der Waals surface area contributed by atoms with Crippen molar-refractivity contribution in [3.05, 3.63) is 92.5 Å². The van der Waals surface area contributed by atoms with E-state index in [1.165, 1.54) is 6.21 Å². The van der Waals surface area contributed by atoms with Gasteiger partial charge in [0.25, 0.3) is 0 Å². The summed E-state index contributed by atoms with van der Waals surface area (Å²) in [6, 6.07) is 20.2. The number of benzene rings is 3. The van der Waals surface area contributed by atoms with E-state index in [-0.39, 0.29) is 0 Å². The van der Waals surface area contributed by atoms with Crippen LogP contribution >= 0.6 is 34.2 Å². The second-order valence-electron chi connectivity index (χ2n) is 6.07. The molecule has 2 amide bonds. The molecule has 0 unspecified atom stereocenters. The highest BCUT2D eigenvalue weighted by molar-refractivity contribution is 14.1. The lowest BCUT2D eigenvalue weighted by molar-refractivity contribution is -0.136. The van der Waals surface area contributed by atoms with Gasteiger partial charge in [-0.25, -0.2) is 10.2 Å². The molecule has 2 N–H and O–H groups in total. The second-order valence-corrected chi connectivity index (χ2v) is 7.64. The number of amides is 2. The van der Waals surface area contributed by atoms with Crippen LogP contribution in [0.3, 0.4) is 0 Å². The summed E-state index contributed by atoms with van der Waals surface area (Å²) in [7, 11) is 0. The fraction of sp³-hybridized carbons (Fsp3) is 0. The van der Waals surface area contributed by atoms with Crippen LogP contribution < -0.4 is 15.5 Å². The maximum atomic E-state index is 12.2. The van der Waals surface area contributed by atoms with Crippen molar-refractivity contribution >= 4 is 63.9 Å². The monoisotopic (exact) mass is 547 g/mol. The van der Waals surface area contributed by atoms with Crippen molar-refractivity contribution in [1.29, 1.82) is 0 Å². The molecule has 0 radical (unpaired) electrons. The van der Waals surface area contributed by atoms with Gasteiger partial charge in [-0.2, -0.15) is 5.10 Å². The standard InChI is InChI=1S/C22H15ClIN3O4/c23-17-6-2-4-8-19(17)26-20(28)21(29)27-25-13-14-9-11-15(12-10-14)31-22(30)16-5-1-3-7-18(16)24/h1-13H,(H,26,28)(H,27,29)/b25-13+. The molecule has 156 valence electrons.